The van der Waals surface area contributed by atoms with E-state index in [4.69, 9.17) is 4.74 Å². The summed E-state index contributed by atoms with van der Waals surface area (Å²) >= 11 is 3.31. The van der Waals surface area contributed by atoms with E-state index in [9.17, 15) is 4.39 Å². The van der Waals surface area contributed by atoms with E-state index in [1.165, 1.54) is 6.07 Å². The molecule has 1 aliphatic heterocycles. The van der Waals surface area contributed by atoms with Gasteiger partial charge in [0.25, 0.3) is 0 Å². The van der Waals surface area contributed by atoms with Crippen molar-refractivity contribution >= 4 is 15.9 Å². The average molecular weight is 316 g/mol. The Morgan fingerprint density at radius 2 is 2.11 bits per heavy atom. The zero-order valence-corrected chi connectivity index (χ0v) is 12.2. The summed E-state index contributed by atoms with van der Waals surface area (Å²) in [6.07, 6.45) is 2.22. The third kappa shape index (κ3) is 4.04. The van der Waals surface area contributed by atoms with E-state index >= 15 is 0 Å². The molecule has 18 heavy (non-hydrogen) atoms. The standard InChI is InChI=1S/C14H19BrFNO/c1-10(12-2-4-18-5-3-12)17-9-11-6-13(15)8-14(16)7-11/h6-8,10,12,17H,2-5,9H2,1H3. The summed E-state index contributed by atoms with van der Waals surface area (Å²) < 4.78 is 19.4. The molecule has 1 aromatic rings. The van der Waals surface area contributed by atoms with Gasteiger partial charge in [-0.15, -0.1) is 0 Å². The van der Waals surface area contributed by atoms with E-state index < -0.39 is 0 Å². The highest BCUT2D eigenvalue weighted by Crippen LogP contribution is 2.19. The number of hydrogen-bond acceptors (Lipinski definition) is 2. The molecule has 0 bridgehead atoms. The smallest absolute Gasteiger partial charge is 0.124 e. The van der Waals surface area contributed by atoms with Crippen molar-refractivity contribution in [2.24, 2.45) is 5.92 Å². The van der Waals surface area contributed by atoms with Gasteiger partial charge in [0.1, 0.15) is 5.82 Å². The van der Waals surface area contributed by atoms with Crippen molar-refractivity contribution in [2.75, 3.05) is 13.2 Å². The predicted molar refractivity (Wildman–Crippen MR) is 73.9 cm³/mol. The Hall–Kier alpha value is -0.450. The third-order valence-electron chi connectivity index (χ3n) is 3.52. The second kappa shape index (κ2) is 6.64. The number of rotatable bonds is 4. The fraction of sp³-hybridized carbons (Fsp3) is 0.571. The maximum Gasteiger partial charge on any atom is 0.124 e. The number of benzene rings is 1. The molecular formula is C14H19BrFNO. The molecule has 1 fully saturated rings. The Kier molecular flexibility index (Phi) is 5.15. The second-order valence-corrected chi connectivity index (χ2v) is 5.81. The van der Waals surface area contributed by atoms with Gasteiger partial charge in [0.05, 0.1) is 0 Å². The number of hydrogen-bond donors (Lipinski definition) is 1. The highest BCUT2D eigenvalue weighted by molar-refractivity contribution is 9.10. The van der Waals surface area contributed by atoms with Gasteiger partial charge in [0.2, 0.25) is 0 Å². The lowest BCUT2D eigenvalue weighted by molar-refractivity contribution is 0.0558. The second-order valence-electron chi connectivity index (χ2n) is 4.90. The van der Waals surface area contributed by atoms with E-state index in [0.717, 1.165) is 36.1 Å². The SMILES string of the molecule is CC(NCc1cc(F)cc(Br)c1)C1CCOCC1. The lowest BCUT2D eigenvalue weighted by Gasteiger charge is -2.28. The van der Waals surface area contributed by atoms with Gasteiger partial charge in [-0.3, -0.25) is 0 Å². The first kappa shape index (κ1) is 14.0. The van der Waals surface area contributed by atoms with Crippen LogP contribution in [0.4, 0.5) is 4.39 Å². The molecule has 0 aromatic heterocycles. The average Bonchev–Trinajstić information content (AvgIpc) is 2.36. The van der Waals surface area contributed by atoms with Gasteiger partial charge in [0.15, 0.2) is 0 Å². The molecular weight excluding hydrogens is 297 g/mol. The van der Waals surface area contributed by atoms with Crippen LogP contribution in [0.25, 0.3) is 0 Å². The molecule has 0 amide bonds. The van der Waals surface area contributed by atoms with Crippen molar-refractivity contribution in [3.63, 3.8) is 0 Å². The molecule has 0 radical (unpaired) electrons. The van der Waals surface area contributed by atoms with Crippen LogP contribution in [0, 0.1) is 11.7 Å². The molecule has 0 aliphatic carbocycles. The summed E-state index contributed by atoms with van der Waals surface area (Å²) in [5.74, 6) is 0.468. The number of ether oxygens (including phenoxy) is 1. The van der Waals surface area contributed by atoms with Crippen molar-refractivity contribution in [1.82, 2.24) is 5.32 Å². The molecule has 0 spiro atoms. The van der Waals surface area contributed by atoms with Crippen LogP contribution in [0.5, 0.6) is 0 Å². The number of nitrogens with one attached hydrogen (secondary N) is 1. The fourth-order valence-corrected chi connectivity index (χ4v) is 2.89. The molecule has 1 aliphatic rings. The van der Waals surface area contributed by atoms with E-state index in [0.29, 0.717) is 18.5 Å². The normalized spacial score (nSPS) is 18.8. The molecule has 1 unspecified atom stereocenters. The molecule has 1 saturated heterocycles. The Morgan fingerprint density at radius 3 is 2.78 bits per heavy atom. The molecule has 0 saturated carbocycles. The van der Waals surface area contributed by atoms with Gasteiger partial charge < -0.3 is 10.1 Å². The van der Waals surface area contributed by atoms with Crippen LogP contribution in [0.15, 0.2) is 22.7 Å². The highest BCUT2D eigenvalue weighted by atomic mass is 79.9. The molecule has 1 aromatic carbocycles. The minimum Gasteiger partial charge on any atom is -0.381 e. The largest absolute Gasteiger partial charge is 0.381 e. The van der Waals surface area contributed by atoms with E-state index in [1.807, 2.05) is 6.07 Å². The molecule has 2 rings (SSSR count). The van der Waals surface area contributed by atoms with Crippen molar-refractivity contribution in [1.29, 1.82) is 0 Å². The summed E-state index contributed by atoms with van der Waals surface area (Å²) in [6, 6.07) is 5.45. The van der Waals surface area contributed by atoms with Crippen molar-refractivity contribution in [2.45, 2.75) is 32.4 Å². The summed E-state index contributed by atoms with van der Waals surface area (Å²) in [5.41, 5.74) is 0.973. The Labute approximate surface area is 116 Å². The fourth-order valence-electron chi connectivity index (χ4n) is 2.37. The lowest BCUT2D eigenvalue weighted by atomic mass is 9.93. The molecule has 2 nitrogen and oxygen atoms in total. The van der Waals surface area contributed by atoms with Gasteiger partial charge in [-0.25, -0.2) is 4.39 Å². The molecule has 1 heterocycles. The number of halogens is 2. The molecule has 4 heteroatoms. The Bertz CT molecular complexity index is 373. The van der Waals surface area contributed by atoms with E-state index in [1.54, 1.807) is 6.07 Å². The minimum atomic E-state index is -0.195. The van der Waals surface area contributed by atoms with Gasteiger partial charge in [-0.05, 0) is 49.4 Å². The van der Waals surface area contributed by atoms with Crippen molar-refractivity contribution in [3.05, 3.63) is 34.1 Å². The summed E-state index contributed by atoms with van der Waals surface area (Å²) in [7, 11) is 0. The zero-order chi connectivity index (χ0) is 13.0. The molecule has 1 N–H and O–H groups in total. The quantitative estimate of drug-likeness (QED) is 0.918. The first-order valence-electron chi connectivity index (χ1n) is 6.41. The molecule has 1 atom stereocenters. The van der Waals surface area contributed by atoms with Crippen LogP contribution in [0.3, 0.4) is 0 Å². The van der Waals surface area contributed by atoms with Crippen molar-refractivity contribution in [3.8, 4) is 0 Å². The maximum atomic E-state index is 13.2. The molecule has 100 valence electrons. The predicted octanol–water partition coefficient (Wildman–Crippen LogP) is 3.49. The van der Waals surface area contributed by atoms with Crippen LogP contribution in [0.2, 0.25) is 0 Å². The monoisotopic (exact) mass is 315 g/mol. The van der Waals surface area contributed by atoms with Gasteiger partial charge >= 0.3 is 0 Å². The van der Waals surface area contributed by atoms with Crippen LogP contribution in [-0.2, 0) is 11.3 Å². The van der Waals surface area contributed by atoms with Crippen LogP contribution in [0.1, 0.15) is 25.3 Å². The van der Waals surface area contributed by atoms with Gasteiger partial charge in [-0.1, -0.05) is 15.9 Å². The maximum absolute atomic E-state index is 13.2. The topological polar surface area (TPSA) is 21.3 Å². The Morgan fingerprint density at radius 1 is 1.39 bits per heavy atom. The van der Waals surface area contributed by atoms with Crippen LogP contribution in [-0.4, -0.2) is 19.3 Å². The highest BCUT2D eigenvalue weighted by Gasteiger charge is 2.19. The minimum absolute atomic E-state index is 0.195. The summed E-state index contributed by atoms with van der Waals surface area (Å²) in [6.45, 7) is 4.63. The van der Waals surface area contributed by atoms with Gasteiger partial charge in [-0.2, -0.15) is 0 Å². The van der Waals surface area contributed by atoms with Gasteiger partial charge in [0, 0.05) is 30.3 Å². The van der Waals surface area contributed by atoms with E-state index in [2.05, 4.69) is 28.2 Å². The summed E-state index contributed by atoms with van der Waals surface area (Å²) in [5, 5.41) is 3.48. The zero-order valence-electron chi connectivity index (χ0n) is 10.6. The third-order valence-corrected chi connectivity index (χ3v) is 3.98. The lowest BCUT2D eigenvalue weighted by Crippen LogP contribution is -2.36. The van der Waals surface area contributed by atoms with E-state index in [-0.39, 0.29) is 5.82 Å². The Balaban J connectivity index is 1.86. The first-order valence-corrected chi connectivity index (χ1v) is 7.20. The van der Waals surface area contributed by atoms with Crippen LogP contribution < -0.4 is 5.32 Å². The first-order chi connectivity index (χ1) is 8.65. The summed E-state index contributed by atoms with van der Waals surface area (Å²) in [4.78, 5) is 0. The van der Waals surface area contributed by atoms with Crippen LogP contribution >= 0.6 is 15.9 Å². The van der Waals surface area contributed by atoms with Crippen molar-refractivity contribution < 1.29 is 9.13 Å².